The van der Waals surface area contributed by atoms with Crippen LogP contribution in [0.3, 0.4) is 0 Å². The van der Waals surface area contributed by atoms with Crippen molar-refractivity contribution in [3.63, 3.8) is 0 Å². The summed E-state index contributed by atoms with van der Waals surface area (Å²) in [6.45, 7) is 7.07. The Morgan fingerprint density at radius 2 is 2.27 bits per heavy atom. The van der Waals surface area contributed by atoms with Crippen LogP contribution in [0.4, 0.5) is 0 Å². The van der Waals surface area contributed by atoms with Crippen molar-refractivity contribution in [2.45, 2.75) is 52.2 Å². The Morgan fingerprint density at radius 1 is 1.60 bits per heavy atom. The summed E-state index contributed by atoms with van der Waals surface area (Å²) in [7, 11) is 0. The summed E-state index contributed by atoms with van der Waals surface area (Å²) in [5.41, 5.74) is 0.672. The van der Waals surface area contributed by atoms with Crippen molar-refractivity contribution in [3.05, 3.63) is 18.0 Å². The molecule has 1 saturated carbocycles. The highest BCUT2D eigenvalue weighted by Crippen LogP contribution is 2.54. The van der Waals surface area contributed by atoms with Crippen LogP contribution in [0.5, 0.6) is 0 Å². The van der Waals surface area contributed by atoms with Crippen LogP contribution in [0, 0.1) is 5.41 Å². The van der Waals surface area contributed by atoms with Crippen LogP contribution >= 0.6 is 0 Å². The fraction of sp³-hybridized carbons (Fsp3) is 0.750. The largest absolute Gasteiger partial charge is 0.389 e. The molecule has 0 bridgehead atoms. The summed E-state index contributed by atoms with van der Waals surface area (Å²) in [5, 5.41) is 14.6. The molecule has 0 amide bonds. The average Bonchev–Trinajstić information content (AvgIpc) is 2.78. The Kier molecular flexibility index (Phi) is 2.38. The molecule has 1 aromatic heterocycles. The molecule has 0 aliphatic heterocycles. The van der Waals surface area contributed by atoms with Gasteiger partial charge in [0.25, 0.3) is 0 Å². The summed E-state index contributed by atoms with van der Waals surface area (Å²) in [6.07, 6.45) is 6.89. The van der Waals surface area contributed by atoms with E-state index in [1.165, 1.54) is 0 Å². The quantitative estimate of drug-likeness (QED) is 0.821. The van der Waals surface area contributed by atoms with Crippen LogP contribution < -0.4 is 0 Å². The first kappa shape index (κ1) is 10.7. The molecule has 1 N–H and O–H groups in total. The van der Waals surface area contributed by atoms with Gasteiger partial charge in [0, 0.05) is 19.2 Å². The van der Waals surface area contributed by atoms with Gasteiger partial charge in [-0.15, -0.1) is 0 Å². The summed E-state index contributed by atoms with van der Waals surface area (Å²) < 4.78 is 1.90. The molecule has 1 atom stereocenters. The van der Waals surface area contributed by atoms with Gasteiger partial charge in [0.2, 0.25) is 0 Å². The second kappa shape index (κ2) is 3.34. The van der Waals surface area contributed by atoms with E-state index in [9.17, 15) is 5.11 Å². The normalized spacial score (nSPS) is 22.4. The zero-order chi connectivity index (χ0) is 11.1. The number of aliphatic hydroxyl groups is 1. The molecule has 0 radical (unpaired) electrons. The third-order valence-electron chi connectivity index (χ3n) is 3.86. The molecule has 15 heavy (non-hydrogen) atoms. The lowest BCUT2D eigenvalue weighted by Gasteiger charge is -2.30. The van der Waals surface area contributed by atoms with E-state index >= 15 is 0 Å². The Balaban J connectivity index is 2.07. The highest BCUT2D eigenvalue weighted by molar-refractivity contribution is 5.13. The van der Waals surface area contributed by atoms with Crippen molar-refractivity contribution in [1.82, 2.24) is 9.78 Å². The fourth-order valence-corrected chi connectivity index (χ4v) is 2.01. The monoisotopic (exact) mass is 208 g/mol. The maximum Gasteiger partial charge on any atom is 0.0714 e. The van der Waals surface area contributed by atoms with Gasteiger partial charge in [0.05, 0.1) is 11.8 Å². The van der Waals surface area contributed by atoms with E-state index in [2.05, 4.69) is 18.9 Å². The molecule has 1 aliphatic rings. The highest BCUT2D eigenvalue weighted by atomic mass is 16.3. The molecule has 3 nitrogen and oxygen atoms in total. The second-order valence-electron chi connectivity index (χ2n) is 5.22. The molecule has 0 aromatic carbocycles. The van der Waals surface area contributed by atoms with Crippen molar-refractivity contribution >= 4 is 0 Å². The number of hydrogen-bond acceptors (Lipinski definition) is 2. The Labute approximate surface area is 91.1 Å². The molecular weight excluding hydrogens is 188 g/mol. The van der Waals surface area contributed by atoms with Crippen LogP contribution in [-0.2, 0) is 13.0 Å². The molecule has 3 heteroatoms. The second-order valence-corrected chi connectivity index (χ2v) is 5.22. The van der Waals surface area contributed by atoms with Gasteiger partial charge in [-0.25, -0.2) is 0 Å². The summed E-state index contributed by atoms with van der Waals surface area (Å²) in [4.78, 5) is 0. The van der Waals surface area contributed by atoms with Crippen molar-refractivity contribution in [1.29, 1.82) is 0 Å². The zero-order valence-electron chi connectivity index (χ0n) is 9.82. The number of nitrogens with zero attached hydrogens (tertiary/aromatic N) is 2. The first-order chi connectivity index (χ1) is 6.97. The molecule has 84 valence electrons. The predicted octanol–water partition coefficient (Wildman–Crippen LogP) is 2.00. The Bertz CT molecular complexity index is 350. The van der Waals surface area contributed by atoms with Gasteiger partial charge in [0.15, 0.2) is 0 Å². The van der Waals surface area contributed by atoms with Crippen LogP contribution in [-0.4, -0.2) is 20.5 Å². The maximum atomic E-state index is 10.4. The average molecular weight is 208 g/mol. The van der Waals surface area contributed by atoms with Gasteiger partial charge in [-0.05, 0) is 37.7 Å². The van der Waals surface area contributed by atoms with Crippen molar-refractivity contribution in [3.8, 4) is 0 Å². The lowest BCUT2D eigenvalue weighted by atomic mass is 9.83. The minimum Gasteiger partial charge on any atom is -0.389 e. The highest BCUT2D eigenvalue weighted by Gasteiger charge is 2.51. The third-order valence-corrected chi connectivity index (χ3v) is 3.86. The van der Waals surface area contributed by atoms with E-state index in [1.54, 1.807) is 0 Å². The van der Waals surface area contributed by atoms with E-state index < -0.39 is 5.60 Å². The maximum absolute atomic E-state index is 10.4. The summed E-state index contributed by atoms with van der Waals surface area (Å²) in [6, 6.07) is 0. The molecule has 1 unspecified atom stereocenters. The van der Waals surface area contributed by atoms with Crippen molar-refractivity contribution < 1.29 is 5.11 Å². The number of rotatable bonds is 4. The van der Waals surface area contributed by atoms with Crippen molar-refractivity contribution in [2.75, 3.05) is 0 Å². The lowest BCUT2D eigenvalue weighted by Crippen LogP contribution is -2.36. The van der Waals surface area contributed by atoms with E-state index in [-0.39, 0.29) is 5.41 Å². The Hall–Kier alpha value is -0.830. The van der Waals surface area contributed by atoms with Gasteiger partial charge in [0.1, 0.15) is 0 Å². The molecule has 1 heterocycles. The SMILES string of the molecule is CCn1cc(CC(C)(O)C2(C)CC2)cn1. The summed E-state index contributed by atoms with van der Waals surface area (Å²) in [5.74, 6) is 0. The molecule has 1 fully saturated rings. The molecular formula is C12H20N2O. The number of aromatic nitrogens is 2. The minimum absolute atomic E-state index is 0.126. The number of aryl methyl sites for hydroxylation is 1. The van der Waals surface area contributed by atoms with Gasteiger partial charge in [-0.1, -0.05) is 6.92 Å². The van der Waals surface area contributed by atoms with Gasteiger partial charge >= 0.3 is 0 Å². The molecule has 2 rings (SSSR count). The third kappa shape index (κ3) is 1.93. The Morgan fingerprint density at radius 3 is 2.73 bits per heavy atom. The summed E-state index contributed by atoms with van der Waals surface area (Å²) >= 11 is 0. The van der Waals surface area contributed by atoms with Gasteiger partial charge < -0.3 is 5.11 Å². The van der Waals surface area contributed by atoms with Crippen LogP contribution in [0.2, 0.25) is 0 Å². The molecule has 0 spiro atoms. The fourth-order valence-electron chi connectivity index (χ4n) is 2.01. The van der Waals surface area contributed by atoms with Crippen LogP contribution in [0.1, 0.15) is 39.2 Å². The zero-order valence-corrected chi connectivity index (χ0v) is 9.82. The first-order valence-electron chi connectivity index (χ1n) is 5.70. The van der Waals surface area contributed by atoms with Gasteiger partial charge in [-0.3, -0.25) is 4.68 Å². The number of hydrogen-bond donors (Lipinski definition) is 1. The molecule has 1 aromatic rings. The lowest BCUT2D eigenvalue weighted by molar-refractivity contribution is -0.00703. The van der Waals surface area contributed by atoms with E-state index in [0.29, 0.717) is 6.42 Å². The van der Waals surface area contributed by atoms with Gasteiger partial charge in [-0.2, -0.15) is 5.10 Å². The predicted molar refractivity (Wildman–Crippen MR) is 59.6 cm³/mol. The molecule has 1 aliphatic carbocycles. The van der Waals surface area contributed by atoms with E-state index in [4.69, 9.17) is 0 Å². The van der Waals surface area contributed by atoms with E-state index in [1.807, 2.05) is 24.0 Å². The van der Waals surface area contributed by atoms with Crippen molar-refractivity contribution in [2.24, 2.45) is 5.41 Å². The van der Waals surface area contributed by atoms with E-state index in [0.717, 1.165) is 24.9 Å². The smallest absolute Gasteiger partial charge is 0.0714 e. The minimum atomic E-state index is -0.589. The van der Waals surface area contributed by atoms with Crippen LogP contribution in [0.15, 0.2) is 12.4 Å². The first-order valence-corrected chi connectivity index (χ1v) is 5.70. The van der Waals surface area contributed by atoms with Crippen LogP contribution in [0.25, 0.3) is 0 Å². The molecule has 0 saturated heterocycles. The topological polar surface area (TPSA) is 38.0 Å². The standard InChI is InChI=1S/C12H20N2O/c1-4-14-9-10(8-13-14)7-12(3,15)11(2)5-6-11/h8-9,15H,4-7H2,1-3H3.